The van der Waals surface area contributed by atoms with E-state index >= 15 is 0 Å². The highest BCUT2D eigenvalue weighted by atomic mass is 19.1. The molecule has 1 aliphatic heterocycles. The molecule has 2 amide bonds. The first kappa shape index (κ1) is 24.6. The summed E-state index contributed by atoms with van der Waals surface area (Å²) in [5.74, 6) is -0.785. The SMILES string of the molecule is Cc1cccc2nc(NC(=O)c3ccccc3F)n(C3CCCCN(C(=O)C=CCN(C)C)C3)c12. The summed E-state index contributed by atoms with van der Waals surface area (Å²) in [5.41, 5.74) is 2.65. The summed E-state index contributed by atoms with van der Waals surface area (Å²) < 4.78 is 16.3. The summed E-state index contributed by atoms with van der Waals surface area (Å²) in [4.78, 5) is 34.5. The van der Waals surface area contributed by atoms with Gasteiger partial charge in [-0.1, -0.05) is 30.3 Å². The van der Waals surface area contributed by atoms with Gasteiger partial charge in [0, 0.05) is 25.7 Å². The second-order valence-corrected chi connectivity index (χ2v) is 9.28. The number of amides is 2. The molecule has 0 radical (unpaired) electrons. The van der Waals surface area contributed by atoms with Crippen molar-refractivity contribution < 1.29 is 14.0 Å². The highest BCUT2D eigenvalue weighted by Crippen LogP contribution is 2.32. The van der Waals surface area contributed by atoms with Gasteiger partial charge in [-0.05, 0) is 64.0 Å². The number of rotatable bonds is 6. The van der Waals surface area contributed by atoms with E-state index in [0.29, 0.717) is 25.6 Å². The zero-order chi connectivity index (χ0) is 24.9. The lowest BCUT2D eigenvalue weighted by Crippen LogP contribution is -2.35. The minimum atomic E-state index is -0.584. The van der Waals surface area contributed by atoms with E-state index in [1.54, 1.807) is 18.2 Å². The Balaban J connectivity index is 1.68. The highest BCUT2D eigenvalue weighted by Gasteiger charge is 2.27. The van der Waals surface area contributed by atoms with Crippen LogP contribution in [0.2, 0.25) is 0 Å². The van der Waals surface area contributed by atoms with E-state index in [0.717, 1.165) is 35.9 Å². The summed E-state index contributed by atoms with van der Waals surface area (Å²) in [6.45, 7) is 3.89. The molecule has 1 unspecified atom stereocenters. The van der Waals surface area contributed by atoms with Gasteiger partial charge in [0.2, 0.25) is 11.9 Å². The molecule has 184 valence electrons. The summed E-state index contributed by atoms with van der Waals surface area (Å²) >= 11 is 0. The van der Waals surface area contributed by atoms with Gasteiger partial charge in [0.05, 0.1) is 22.6 Å². The Bertz CT molecular complexity index is 1250. The van der Waals surface area contributed by atoms with Gasteiger partial charge in [0.25, 0.3) is 5.91 Å². The largest absolute Gasteiger partial charge is 0.337 e. The van der Waals surface area contributed by atoms with Crippen LogP contribution in [-0.4, -0.2) is 64.9 Å². The average Bonchev–Trinajstić information content (AvgIpc) is 3.01. The number of nitrogens with one attached hydrogen (secondary N) is 1. The molecule has 4 rings (SSSR count). The van der Waals surface area contributed by atoms with Gasteiger partial charge in [-0.2, -0.15) is 0 Å². The number of carbonyl (C=O) groups excluding carboxylic acids is 2. The van der Waals surface area contributed by atoms with E-state index in [1.165, 1.54) is 12.1 Å². The molecular weight excluding hydrogens is 445 g/mol. The van der Waals surface area contributed by atoms with E-state index in [9.17, 15) is 14.0 Å². The van der Waals surface area contributed by atoms with Crippen molar-refractivity contribution >= 4 is 28.8 Å². The molecule has 7 nitrogen and oxygen atoms in total. The van der Waals surface area contributed by atoms with E-state index in [2.05, 4.69) is 5.32 Å². The number of aromatic nitrogens is 2. The van der Waals surface area contributed by atoms with Crippen LogP contribution in [0.1, 0.15) is 41.2 Å². The number of benzene rings is 2. The molecule has 1 aliphatic rings. The number of likely N-dealkylation sites (tertiary alicyclic amines) is 1. The molecule has 1 fully saturated rings. The third-order valence-corrected chi connectivity index (χ3v) is 6.31. The third-order valence-electron chi connectivity index (χ3n) is 6.31. The Kier molecular flexibility index (Phi) is 7.60. The Labute approximate surface area is 205 Å². The minimum absolute atomic E-state index is 0.0168. The number of hydrogen-bond acceptors (Lipinski definition) is 4. The first-order valence-electron chi connectivity index (χ1n) is 12.0. The van der Waals surface area contributed by atoms with Gasteiger partial charge in [-0.3, -0.25) is 14.9 Å². The Morgan fingerprint density at radius 1 is 1.17 bits per heavy atom. The number of aryl methyl sites for hydroxylation is 1. The number of likely N-dealkylation sites (N-methyl/N-ethyl adjacent to an activating group) is 1. The van der Waals surface area contributed by atoms with Crippen molar-refractivity contribution in [2.24, 2.45) is 0 Å². The van der Waals surface area contributed by atoms with E-state index in [4.69, 9.17) is 4.98 Å². The molecule has 35 heavy (non-hydrogen) atoms. The van der Waals surface area contributed by atoms with Crippen LogP contribution < -0.4 is 5.32 Å². The Morgan fingerprint density at radius 3 is 2.74 bits per heavy atom. The second-order valence-electron chi connectivity index (χ2n) is 9.28. The van der Waals surface area contributed by atoms with Gasteiger partial charge >= 0.3 is 0 Å². The number of para-hydroxylation sites is 1. The fourth-order valence-electron chi connectivity index (χ4n) is 4.58. The van der Waals surface area contributed by atoms with Crippen molar-refractivity contribution in [3.8, 4) is 0 Å². The first-order valence-corrected chi connectivity index (χ1v) is 12.0. The number of hydrogen-bond donors (Lipinski definition) is 1. The van der Waals surface area contributed by atoms with Crippen LogP contribution in [0.3, 0.4) is 0 Å². The van der Waals surface area contributed by atoms with Crippen LogP contribution in [-0.2, 0) is 4.79 Å². The molecule has 1 aromatic heterocycles. The van der Waals surface area contributed by atoms with Gasteiger partial charge in [-0.25, -0.2) is 9.37 Å². The van der Waals surface area contributed by atoms with Crippen LogP contribution in [0, 0.1) is 12.7 Å². The first-order chi connectivity index (χ1) is 16.8. The maximum absolute atomic E-state index is 14.3. The van der Waals surface area contributed by atoms with E-state index in [1.807, 2.05) is 59.7 Å². The lowest BCUT2D eigenvalue weighted by Gasteiger charge is -2.26. The van der Waals surface area contributed by atoms with Crippen molar-refractivity contribution in [3.63, 3.8) is 0 Å². The lowest BCUT2D eigenvalue weighted by atomic mass is 10.1. The predicted octanol–water partition coefficient (Wildman–Crippen LogP) is 4.41. The fraction of sp³-hybridized carbons (Fsp3) is 0.370. The maximum Gasteiger partial charge on any atom is 0.260 e. The normalized spacial score (nSPS) is 16.7. The topological polar surface area (TPSA) is 70.5 Å². The van der Waals surface area contributed by atoms with Crippen LogP contribution in [0.4, 0.5) is 10.3 Å². The molecule has 0 spiro atoms. The number of halogens is 1. The van der Waals surface area contributed by atoms with E-state index < -0.39 is 11.7 Å². The molecule has 0 saturated carbocycles. The summed E-state index contributed by atoms with van der Waals surface area (Å²) in [6.07, 6.45) is 6.21. The van der Waals surface area contributed by atoms with Crippen LogP contribution in [0.25, 0.3) is 11.0 Å². The predicted molar refractivity (Wildman–Crippen MR) is 136 cm³/mol. The molecule has 3 aromatic rings. The average molecular weight is 478 g/mol. The molecule has 0 aliphatic carbocycles. The van der Waals surface area contributed by atoms with E-state index in [-0.39, 0.29) is 17.5 Å². The van der Waals surface area contributed by atoms with Gasteiger partial charge in [-0.15, -0.1) is 0 Å². The molecular formula is C27H32FN5O2. The van der Waals surface area contributed by atoms with Crippen molar-refractivity contribution in [2.75, 3.05) is 39.0 Å². The summed E-state index contributed by atoms with van der Waals surface area (Å²) in [7, 11) is 3.92. The zero-order valence-electron chi connectivity index (χ0n) is 20.5. The van der Waals surface area contributed by atoms with Gasteiger partial charge < -0.3 is 14.4 Å². The van der Waals surface area contributed by atoms with Gasteiger partial charge in [0.15, 0.2) is 0 Å². The van der Waals surface area contributed by atoms with Crippen LogP contribution >= 0.6 is 0 Å². The van der Waals surface area contributed by atoms with Crippen LogP contribution in [0.15, 0.2) is 54.6 Å². The number of nitrogens with zero attached hydrogens (tertiary/aromatic N) is 4. The second kappa shape index (κ2) is 10.8. The van der Waals surface area contributed by atoms with Crippen molar-refractivity contribution in [1.29, 1.82) is 0 Å². The summed E-state index contributed by atoms with van der Waals surface area (Å²) in [6, 6.07) is 11.7. The molecule has 0 bridgehead atoms. The molecule has 2 heterocycles. The number of fused-ring (bicyclic) bond motifs is 1. The van der Waals surface area contributed by atoms with Crippen molar-refractivity contribution in [3.05, 3.63) is 71.6 Å². The zero-order valence-corrected chi connectivity index (χ0v) is 20.5. The molecule has 1 saturated heterocycles. The lowest BCUT2D eigenvalue weighted by molar-refractivity contribution is -0.126. The number of anilines is 1. The standard InChI is InChI=1S/C27H32FN5O2/c1-19-10-8-14-23-25(19)33(27(29-23)30-26(35)21-12-4-5-13-22(21)28)20-11-6-7-17-32(18-20)24(34)15-9-16-31(2)3/h4-5,8-10,12-15,20H,6-7,11,16-18H2,1-3H3,(H,29,30,35). The maximum atomic E-state index is 14.3. The fourth-order valence-corrected chi connectivity index (χ4v) is 4.58. The van der Waals surface area contributed by atoms with Gasteiger partial charge in [0.1, 0.15) is 5.82 Å². The van der Waals surface area contributed by atoms with Crippen molar-refractivity contribution in [1.82, 2.24) is 19.4 Å². The number of imidazole rings is 1. The van der Waals surface area contributed by atoms with Crippen LogP contribution in [0.5, 0.6) is 0 Å². The highest BCUT2D eigenvalue weighted by molar-refractivity contribution is 6.04. The molecule has 1 atom stereocenters. The monoisotopic (exact) mass is 477 g/mol. The molecule has 2 aromatic carbocycles. The smallest absolute Gasteiger partial charge is 0.260 e. The minimum Gasteiger partial charge on any atom is -0.337 e. The quantitative estimate of drug-likeness (QED) is 0.534. The summed E-state index contributed by atoms with van der Waals surface area (Å²) in [5, 5.41) is 2.84. The Hall–Kier alpha value is -3.52. The molecule has 1 N–H and O–H groups in total. The number of carbonyl (C=O) groups is 2. The third kappa shape index (κ3) is 5.59. The Morgan fingerprint density at radius 2 is 1.97 bits per heavy atom. The molecule has 8 heteroatoms. The van der Waals surface area contributed by atoms with Crippen molar-refractivity contribution in [2.45, 2.75) is 32.2 Å².